The Morgan fingerprint density at radius 2 is 1.66 bits per heavy atom. The minimum absolute atomic E-state index is 0.152. The van der Waals surface area contributed by atoms with Gasteiger partial charge in [-0.1, -0.05) is 48.6 Å². The number of pyridine rings is 1. The second-order valence-electron chi connectivity index (χ2n) is 10.3. The maximum atomic E-state index is 14.6. The number of amides is 1. The SMILES string of the molecule is O=C(c1ccc([N+](=O)[O-])cc1)[C@@H]1[C@H](C(=O)c2cccnc2)[C@]2(C(=O)Nc3ccccc32)[C@@H]2C=Cc3ccccc3N12. The average molecular weight is 543 g/mol. The molecule has 200 valence electrons. The summed E-state index contributed by atoms with van der Waals surface area (Å²) in [6.45, 7) is 0. The van der Waals surface area contributed by atoms with Gasteiger partial charge in [-0.2, -0.15) is 0 Å². The largest absolute Gasteiger partial charge is 0.352 e. The van der Waals surface area contributed by atoms with Crippen LogP contribution in [0.2, 0.25) is 0 Å². The Hall–Kier alpha value is -5.44. The number of carbonyl (C=O) groups is 3. The van der Waals surface area contributed by atoms with Crippen LogP contribution >= 0.6 is 0 Å². The van der Waals surface area contributed by atoms with E-state index in [2.05, 4.69) is 10.3 Å². The van der Waals surface area contributed by atoms with Gasteiger partial charge in [0.05, 0.1) is 16.9 Å². The summed E-state index contributed by atoms with van der Waals surface area (Å²) in [6, 6.07) is 21.7. The zero-order valence-electron chi connectivity index (χ0n) is 21.5. The maximum Gasteiger partial charge on any atom is 0.269 e. The Balaban J connectivity index is 1.51. The first-order valence-electron chi connectivity index (χ1n) is 13.1. The van der Waals surface area contributed by atoms with Gasteiger partial charge in [0.2, 0.25) is 5.91 Å². The predicted molar refractivity (Wildman–Crippen MR) is 152 cm³/mol. The number of hydrogen-bond acceptors (Lipinski definition) is 7. The highest BCUT2D eigenvalue weighted by molar-refractivity contribution is 6.18. The van der Waals surface area contributed by atoms with Crippen molar-refractivity contribution in [1.82, 2.24) is 4.98 Å². The van der Waals surface area contributed by atoms with Gasteiger partial charge in [-0.05, 0) is 47.5 Å². The summed E-state index contributed by atoms with van der Waals surface area (Å²) in [5, 5.41) is 14.3. The number of nitrogens with zero attached hydrogens (tertiary/aromatic N) is 3. The molecule has 1 aromatic heterocycles. The first-order chi connectivity index (χ1) is 19.9. The van der Waals surface area contributed by atoms with Gasteiger partial charge in [0.1, 0.15) is 11.5 Å². The molecule has 1 saturated heterocycles. The van der Waals surface area contributed by atoms with Gasteiger partial charge >= 0.3 is 0 Å². The Kier molecular flexibility index (Phi) is 5.43. The smallest absolute Gasteiger partial charge is 0.269 e. The summed E-state index contributed by atoms with van der Waals surface area (Å²) in [7, 11) is 0. The number of ketones is 2. The maximum absolute atomic E-state index is 14.6. The first-order valence-corrected chi connectivity index (χ1v) is 13.1. The van der Waals surface area contributed by atoms with Crippen LogP contribution in [-0.4, -0.2) is 39.5 Å². The Bertz CT molecular complexity index is 1790. The molecule has 3 aromatic carbocycles. The number of carbonyl (C=O) groups excluding carboxylic acids is 3. The number of benzene rings is 3. The average Bonchev–Trinajstić information content (AvgIpc) is 3.49. The van der Waals surface area contributed by atoms with Crippen LogP contribution < -0.4 is 10.2 Å². The molecule has 4 heterocycles. The standard InChI is InChI=1S/C32H22N4O5/c37-29(21-7-5-17-33-18-21)27-28(30(38)20-11-14-22(15-12-20)36(40)41)35-25-10-4-1-6-19(25)13-16-26(35)32(27)23-8-2-3-9-24(23)34-31(32)39/h1-18,26-28H,(H,34,39)/t26-,27+,28-,32+/m0/s1. The molecule has 1 spiro atoms. The van der Waals surface area contributed by atoms with Gasteiger partial charge in [-0.15, -0.1) is 0 Å². The number of anilines is 2. The minimum Gasteiger partial charge on any atom is -0.352 e. The molecule has 0 bridgehead atoms. The fourth-order valence-corrected chi connectivity index (χ4v) is 6.73. The van der Waals surface area contributed by atoms with Crippen LogP contribution in [0.5, 0.6) is 0 Å². The van der Waals surface area contributed by atoms with Crippen LogP contribution in [0.3, 0.4) is 0 Å². The van der Waals surface area contributed by atoms with Crippen LogP contribution in [0.25, 0.3) is 6.08 Å². The summed E-state index contributed by atoms with van der Waals surface area (Å²) in [5.74, 6) is -2.30. The second-order valence-corrected chi connectivity index (χ2v) is 10.3. The monoisotopic (exact) mass is 542 g/mol. The van der Waals surface area contributed by atoms with Crippen molar-refractivity contribution in [3.05, 3.63) is 136 Å². The van der Waals surface area contributed by atoms with Gasteiger partial charge < -0.3 is 10.2 Å². The van der Waals surface area contributed by atoms with Gasteiger partial charge in [0.25, 0.3) is 5.69 Å². The van der Waals surface area contributed by atoms with Gasteiger partial charge in [0.15, 0.2) is 11.6 Å². The fourth-order valence-electron chi connectivity index (χ4n) is 6.73. The lowest BCUT2D eigenvalue weighted by atomic mass is 9.64. The van der Waals surface area contributed by atoms with Gasteiger partial charge in [0, 0.05) is 47.0 Å². The number of nitro benzene ring substituents is 1. The molecule has 1 N–H and O–H groups in total. The van der Waals surface area contributed by atoms with E-state index in [1.54, 1.807) is 24.4 Å². The number of rotatable bonds is 5. The third-order valence-corrected chi connectivity index (χ3v) is 8.40. The van der Waals surface area contributed by atoms with Crippen LogP contribution in [0.15, 0.2) is 103 Å². The molecule has 1 fully saturated rings. The molecule has 9 heteroatoms. The normalized spacial score (nSPS) is 23.5. The quantitative estimate of drug-likeness (QED) is 0.217. The van der Waals surface area contributed by atoms with E-state index >= 15 is 0 Å². The van der Waals surface area contributed by atoms with Crippen molar-refractivity contribution in [2.24, 2.45) is 5.92 Å². The van der Waals surface area contributed by atoms with E-state index in [1.807, 2.05) is 59.5 Å². The molecule has 41 heavy (non-hydrogen) atoms. The summed E-state index contributed by atoms with van der Waals surface area (Å²) in [5.41, 5.74) is 1.71. The summed E-state index contributed by atoms with van der Waals surface area (Å²) < 4.78 is 0. The van der Waals surface area contributed by atoms with Crippen molar-refractivity contribution in [2.45, 2.75) is 17.5 Å². The van der Waals surface area contributed by atoms with Crippen molar-refractivity contribution in [2.75, 3.05) is 10.2 Å². The van der Waals surface area contributed by atoms with Crippen LogP contribution in [0.4, 0.5) is 17.1 Å². The number of nitrogens with one attached hydrogen (secondary N) is 1. The van der Waals surface area contributed by atoms with Crippen molar-refractivity contribution in [1.29, 1.82) is 0 Å². The topological polar surface area (TPSA) is 123 Å². The molecule has 0 unspecified atom stereocenters. The molecule has 0 aliphatic carbocycles. The highest BCUT2D eigenvalue weighted by Gasteiger charge is 2.70. The van der Waals surface area contributed by atoms with E-state index in [0.717, 1.165) is 11.3 Å². The fraction of sp³-hybridized carbons (Fsp3) is 0.125. The lowest BCUT2D eigenvalue weighted by molar-refractivity contribution is -0.384. The zero-order chi connectivity index (χ0) is 28.3. The molecule has 0 radical (unpaired) electrons. The molecular weight excluding hydrogens is 520 g/mol. The summed E-state index contributed by atoms with van der Waals surface area (Å²) in [6.07, 6.45) is 6.83. The molecule has 4 aromatic rings. The number of non-ortho nitro benzene ring substituents is 1. The molecule has 1 amide bonds. The second kappa shape index (κ2) is 9.06. The van der Waals surface area contributed by atoms with Crippen molar-refractivity contribution in [3.63, 3.8) is 0 Å². The van der Waals surface area contributed by atoms with Gasteiger partial charge in [-0.3, -0.25) is 29.5 Å². The molecule has 9 nitrogen and oxygen atoms in total. The Labute approximate surface area is 234 Å². The molecule has 3 aliphatic rings. The highest BCUT2D eigenvalue weighted by Crippen LogP contribution is 2.58. The van der Waals surface area contributed by atoms with Crippen LogP contribution in [-0.2, 0) is 10.2 Å². The summed E-state index contributed by atoms with van der Waals surface area (Å²) in [4.78, 5) is 60.2. The summed E-state index contributed by atoms with van der Waals surface area (Å²) >= 11 is 0. The number of nitro groups is 1. The van der Waals surface area contributed by atoms with E-state index in [0.29, 0.717) is 11.3 Å². The van der Waals surface area contributed by atoms with Crippen molar-refractivity contribution < 1.29 is 19.3 Å². The number of para-hydroxylation sites is 2. The molecule has 3 aliphatic heterocycles. The Morgan fingerprint density at radius 3 is 2.41 bits per heavy atom. The predicted octanol–water partition coefficient (Wildman–Crippen LogP) is 4.85. The van der Waals surface area contributed by atoms with Crippen LogP contribution in [0.1, 0.15) is 31.8 Å². The third-order valence-electron chi connectivity index (χ3n) is 8.40. The lowest BCUT2D eigenvalue weighted by Gasteiger charge is -2.37. The van der Waals surface area contributed by atoms with Crippen molar-refractivity contribution in [3.8, 4) is 0 Å². The third kappa shape index (κ3) is 3.42. The van der Waals surface area contributed by atoms with E-state index in [4.69, 9.17) is 0 Å². The molecular formula is C32H22N4O5. The van der Waals surface area contributed by atoms with Gasteiger partial charge in [-0.25, -0.2) is 0 Å². The highest BCUT2D eigenvalue weighted by atomic mass is 16.6. The number of aromatic nitrogens is 1. The Morgan fingerprint density at radius 1 is 0.902 bits per heavy atom. The first kappa shape index (κ1) is 24.6. The molecule has 0 saturated carbocycles. The van der Waals surface area contributed by atoms with E-state index in [1.165, 1.54) is 30.5 Å². The molecule has 7 rings (SSSR count). The van der Waals surface area contributed by atoms with E-state index in [9.17, 15) is 24.5 Å². The molecule has 4 atom stereocenters. The number of Topliss-reactive ketones (excluding diaryl/α,β-unsaturated/α-hetero) is 2. The minimum atomic E-state index is -1.44. The van der Waals surface area contributed by atoms with Crippen LogP contribution in [0, 0.1) is 16.0 Å². The van der Waals surface area contributed by atoms with Crippen molar-refractivity contribution >= 4 is 40.6 Å². The zero-order valence-corrected chi connectivity index (χ0v) is 21.5. The number of hydrogen-bond donors (Lipinski definition) is 1. The lowest BCUT2D eigenvalue weighted by Crippen LogP contribution is -2.51. The van der Waals surface area contributed by atoms with E-state index < -0.39 is 34.1 Å². The number of fused-ring (bicyclic) bond motifs is 6. The van der Waals surface area contributed by atoms with E-state index in [-0.39, 0.29) is 28.5 Å².